The molecular weight excluding hydrogens is 138 g/mol. The van der Waals surface area contributed by atoms with E-state index in [0.717, 1.165) is 13.0 Å². The second kappa shape index (κ2) is 3.60. The number of hydrogen-bond donors (Lipinski definition) is 1. The van der Waals surface area contributed by atoms with Crippen LogP contribution in [0.2, 0.25) is 0 Å². The van der Waals surface area contributed by atoms with Gasteiger partial charge in [0.1, 0.15) is 0 Å². The van der Waals surface area contributed by atoms with Gasteiger partial charge in [-0.05, 0) is 19.3 Å². The first-order valence-electron chi connectivity index (χ1n) is 4.28. The fourth-order valence-electron chi connectivity index (χ4n) is 1.24. The third-order valence-electron chi connectivity index (χ3n) is 1.98. The average Bonchev–Trinajstić information content (AvgIpc) is 2.81. The summed E-state index contributed by atoms with van der Waals surface area (Å²) < 4.78 is 0. The van der Waals surface area contributed by atoms with Crippen molar-refractivity contribution in [1.29, 1.82) is 0 Å². The van der Waals surface area contributed by atoms with Crippen LogP contribution in [0.4, 0.5) is 0 Å². The zero-order valence-corrected chi connectivity index (χ0v) is 7.38. The van der Waals surface area contributed by atoms with E-state index < -0.39 is 0 Å². The molecule has 0 aromatic rings. The van der Waals surface area contributed by atoms with Crippen molar-refractivity contribution < 1.29 is 0 Å². The molecule has 2 N–H and O–H groups in total. The minimum atomic E-state index is 0.693. The van der Waals surface area contributed by atoms with E-state index in [0.29, 0.717) is 12.0 Å². The van der Waals surface area contributed by atoms with Crippen molar-refractivity contribution in [3.63, 3.8) is 0 Å². The van der Waals surface area contributed by atoms with Crippen molar-refractivity contribution in [1.82, 2.24) is 4.90 Å². The lowest BCUT2D eigenvalue weighted by Crippen LogP contribution is -2.39. The Morgan fingerprint density at radius 1 is 1.64 bits per heavy atom. The molecule has 0 amide bonds. The van der Waals surface area contributed by atoms with Crippen LogP contribution in [0, 0.1) is 0 Å². The van der Waals surface area contributed by atoms with Crippen LogP contribution in [0.3, 0.4) is 0 Å². The number of hydrogen-bond acceptors (Lipinski definition) is 1. The van der Waals surface area contributed by atoms with Gasteiger partial charge >= 0.3 is 0 Å². The molecule has 0 radical (unpaired) electrons. The molecule has 0 unspecified atom stereocenters. The SMILES string of the molecule is CCCN(C(N)=NC)C1CC1. The summed E-state index contributed by atoms with van der Waals surface area (Å²) in [6.45, 7) is 3.21. The highest BCUT2D eigenvalue weighted by Crippen LogP contribution is 2.26. The maximum Gasteiger partial charge on any atom is 0.191 e. The normalized spacial score (nSPS) is 18.5. The first kappa shape index (κ1) is 8.37. The molecule has 0 spiro atoms. The molecule has 0 atom stereocenters. The van der Waals surface area contributed by atoms with Gasteiger partial charge in [0, 0.05) is 19.6 Å². The molecule has 3 heteroatoms. The predicted octanol–water partition coefficient (Wildman–Crippen LogP) is 0.805. The third-order valence-corrected chi connectivity index (χ3v) is 1.98. The van der Waals surface area contributed by atoms with Crippen LogP contribution in [-0.4, -0.2) is 30.5 Å². The lowest BCUT2D eigenvalue weighted by Gasteiger charge is -2.21. The fraction of sp³-hybridized carbons (Fsp3) is 0.875. The Bertz CT molecular complexity index is 149. The minimum absolute atomic E-state index is 0.693. The smallest absolute Gasteiger partial charge is 0.191 e. The van der Waals surface area contributed by atoms with Crippen LogP contribution >= 0.6 is 0 Å². The molecule has 1 aliphatic rings. The molecule has 0 saturated heterocycles. The Hall–Kier alpha value is -0.730. The van der Waals surface area contributed by atoms with E-state index in [-0.39, 0.29) is 0 Å². The largest absolute Gasteiger partial charge is 0.370 e. The van der Waals surface area contributed by atoms with E-state index >= 15 is 0 Å². The van der Waals surface area contributed by atoms with Crippen molar-refractivity contribution >= 4 is 5.96 Å². The van der Waals surface area contributed by atoms with Gasteiger partial charge in [-0.25, -0.2) is 0 Å². The molecule has 0 bridgehead atoms. The summed E-state index contributed by atoms with van der Waals surface area (Å²) in [6, 6.07) is 0.693. The molecule has 1 aliphatic carbocycles. The zero-order valence-electron chi connectivity index (χ0n) is 7.38. The second-order valence-corrected chi connectivity index (χ2v) is 3.01. The summed E-state index contributed by atoms with van der Waals surface area (Å²) in [5.41, 5.74) is 5.72. The molecule has 1 saturated carbocycles. The number of guanidine groups is 1. The Morgan fingerprint density at radius 3 is 2.64 bits per heavy atom. The molecule has 0 heterocycles. The lowest BCUT2D eigenvalue weighted by atomic mass is 10.4. The van der Waals surface area contributed by atoms with Gasteiger partial charge in [-0.2, -0.15) is 0 Å². The van der Waals surface area contributed by atoms with Crippen molar-refractivity contribution in [2.45, 2.75) is 32.2 Å². The van der Waals surface area contributed by atoms with Gasteiger partial charge in [-0.1, -0.05) is 6.92 Å². The number of nitrogens with zero attached hydrogens (tertiary/aromatic N) is 2. The molecule has 11 heavy (non-hydrogen) atoms. The highest BCUT2D eigenvalue weighted by molar-refractivity contribution is 5.78. The first-order chi connectivity index (χ1) is 5.29. The molecule has 0 aliphatic heterocycles. The molecule has 64 valence electrons. The van der Waals surface area contributed by atoms with Crippen LogP contribution in [-0.2, 0) is 0 Å². The fourth-order valence-corrected chi connectivity index (χ4v) is 1.24. The second-order valence-electron chi connectivity index (χ2n) is 3.01. The molecular formula is C8H17N3. The predicted molar refractivity (Wildman–Crippen MR) is 47.6 cm³/mol. The van der Waals surface area contributed by atoms with Gasteiger partial charge in [0.2, 0.25) is 0 Å². The summed E-state index contributed by atoms with van der Waals surface area (Å²) in [7, 11) is 1.75. The Balaban J connectivity index is 2.44. The zero-order chi connectivity index (χ0) is 8.27. The summed E-state index contributed by atoms with van der Waals surface area (Å²) in [4.78, 5) is 6.20. The van der Waals surface area contributed by atoms with Crippen LogP contribution in [0.5, 0.6) is 0 Å². The topological polar surface area (TPSA) is 41.6 Å². The Labute approximate surface area is 68.3 Å². The van der Waals surface area contributed by atoms with Crippen LogP contribution in [0.25, 0.3) is 0 Å². The summed E-state index contributed by atoms with van der Waals surface area (Å²) >= 11 is 0. The quantitative estimate of drug-likeness (QED) is 0.484. The van der Waals surface area contributed by atoms with E-state index in [9.17, 15) is 0 Å². The van der Waals surface area contributed by atoms with Gasteiger partial charge < -0.3 is 10.6 Å². The van der Waals surface area contributed by atoms with E-state index in [4.69, 9.17) is 5.73 Å². The van der Waals surface area contributed by atoms with Crippen molar-refractivity contribution in [2.75, 3.05) is 13.6 Å². The van der Waals surface area contributed by atoms with E-state index in [2.05, 4.69) is 16.8 Å². The maximum absolute atomic E-state index is 5.72. The number of rotatable bonds is 3. The molecule has 0 aromatic heterocycles. The Kier molecular flexibility index (Phi) is 2.74. The first-order valence-corrected chi connectivity index (χ1v) is 4.28. The number of aliphatic imine (C=N–C) groups is 1. The third kappa shape index (κ3) is 2.10. The van der Waals surface area contributed by atoms with Crippen molar-refractivity contribution in [3.05, 3.63) is 0 Å². The van der Waals surface area contributed by atoms with Crippen molar-refractivity contribution in [2.24, 2.45) is 10.7 Å². The highest BCUT2D eigenvalue weighted by atomic mass is 15.3. The summed E-state index contributed by atoms with van der Waals surface area (Å²) in [5, 5.41) is 0. The molecule has 0 aromatic carbocycles. The minimum Gasteiger partial charge on any atom is -0.370 e. The maximum atomic E-state index is 5.72. The van der Waals surface area contributed by atoms with E-state index in [1.807, 2.05) is 0 Å². The monoisotopic (exact) mass is 155 g/mol. The Morgan fingerprint density at radius 2 is 2.27 bits per heavy atom. The van der Waals surface area contributed by atoms with Gasteiger partial charge in [-0.15, -0.1) is 0 Å². The molecule has 1 fully saturated rings. The van der Waals surface area contributed by atoms with Crippen LogP contribution in [0.1, 0.15) is 26.2 Å². The standard InChI is InChI=1S/C8H17N3/c1-3-6-11(7-4-5-7)8(9)10-2/h7H,3-6H2,1-2H3,(H2,9,10). The molecule has 3 nitrogen and oxygen atoms in total. The summed E-state index contributed by atoms with van der Waals surface area (Å²) in [5.74, 6) is 0.703. The highest BCUT2D eigenvalue weighted by Gasteiger charge is 2.29. The van der Waals surface area contributed by atoms with Crippen LogP contribution < -0.4 is 5.73 Å². The van der Waals surface area contributed by atoms with Gasteiger partial charge in [-0.3, -0.25) is 4.99 Å². The summed E-state index contributed by atoms with van der Waals surface area (Å²) in [6.07, 6.45) is 3.72. The number of nitrogens with two attached hydrogens (primary N) is 1. The van der Waals surface area contributed by atoms with Gasteiger partial charge in [0.05, 0.1) is 0 Å². The average molecular weight is 155 g/mol. The molecule has 1 rings (SSSR count). The van der Waals surface area contributed by atoms with Crippen molar-refractivity contribution in [3.8, 4) is 0 Å². The van der Waals surface area contributed by atoms with E-state index in [1.165, 1.54) is 12.8 Å². The van der Waals surface area contributed by atoms with Crippen LogP contribution in [0.15, 0.2) is 4.99 Å². The van der Waals surface area contributed by atoms with Gasteiger partial charge in [0.15, 0.2) is 5.96 Å². The van der Waals surface area contributed by atoms with E-state index in [1.54, 1.807) is 7.05 Å². The lowest BCUT2D eigenvalue weighted by molar-refractivity contribution is 0.403. The van der Waals surface area contributed by atoms with Gasteiger partial charge in [0.25, 0.3) is 0 Å².